The van der Waals surface area contributed by atoms with Gasteiger partial charge in [-0.3, -0.25) is 14.5 Å². The molecule has 2 amide bonds. The highest BCUT2D eigenvalue weighted by Gasteiger charge is 2.54. The molecule has 21 nitrogen and oxygen atoms in total. The van der Waals surface area contributed by atoms with Crippen molar-refractivity contribution in [3.8, 4) is 23.3 Å². The lowest BCUT2D eigenvalue weighted by molar-refractivity contribution is -0.661. The first-order valence-electron chi connectivity index (χ1n) is 33.5. The third-order valence-electron chi connectivity index (χ3n) is 17.3. The number of carbonyl (C=O) groups is 4. The van der Waals surface area contributed by atoms with Gasteiger partial charge < -0.3 is 77.2 Å². The van der Waals surface area contributed by atoms with Crippen LogP contribution in [0.1, 0.15) is 63.1 Å². The number of rotatable bonds is 33. The van der Waals surface area contributed by atoms with Gasteiger partial charge in [-0.1, -0.05) is 193 Å². The number of hydrogen-bond donors (Lipinski definition) is 2. The molecule has 4 atom stereocenters. The van der Waals surface area contributed by atoms with Crippen LogP contribution in [0.3, 0.4) is 0 Å². The monoisotopic (exact) mass is 1560 g/mol. The number of halogens is 1. The molecule has 1 fully saturated rings. The molecule has 3 aliphatic rings. The molecule has 1 aromatic heterocycles. The highest BCUT2D eigenvalue weighted by atomic mass is 127. The molecular weight excluding hydrogens is 1490 g/mol. The van der Waals surface area contributed by atoms with Crippen LogP contribution >= 0.6 is 11.8 Å². The maximum Gasteiger partial charge on any atom is 0.355 e. The zero-order chi connectivity index (χ0) is 72.0. The van der Waals surface area contributed by atoms with E-state index in [1.165, 1.54) is 43.0 Å². The predicted molar refractivity (Wildman–Crippen MR) is 393 cm³/mol. The maximum atomic E-state index is 15.7. The number of esters is 2. The van der Waals surface area contributed by atoms with Crippen molar-refractivity contribution in [2.75, 3.05) is 67.1 Å². The van der Waals surface area contributed by atoms with Crippen molar-refractivity contribution >= 4 is 62.3 Å². The van der Waals surface area contributed by atoms with Gasteiger partial charge in [-0.25, -0.2) is 19.4 Å². The number of allylic oxidation sites excluding steroid dienone is 2. The largest absolute Gasteiger partial charge is 1.00 e. The van der Waals surface area contributed by atoms with Crippen molar-refractivity contribution in [2.24, 2.45) is 9.52 Å². The minimum Gasteiger partial charge on any atom is -1.00 e. The van der Waals surface area contributed by atoms with E-state index in [9.17, 15) is 19.6 Å². The topological polar surface area (TPSA) is 240 Å². The fourth-order valence-corrected chi connectivity index (χ4v) is 14.8. The summed E-state index contributed by atoms with van der Waals surface area (Å²) >= 11 is 1.41. The Bertz CT molecular complexity index is 4550. The van der Waals surface area contributed by atoms with Gasteiger partial charge in [0.2, 0.25) is 17.5 Å². The Balaban J connectivity index is 0.0000110. The number of methoxy groups -OCH3 is 3. The zero-order valence-electron chi connectivity index (χ0n) is 57.7. The molecule has 3 unspecified atom stereocenters. The lowest BCUT2D eigenvalue weighted by Gasteiger charge is -2.49. The van der Waals surface area contributed by atoms with Gasteiger partial charge in [0, 0.05) is 59.2 Å². The second kappa shape index (κ2) is 37.4. The van der Waals surface area contributed by atoms with Gasteiger partial charge >= 0.3 is 11.9 Å². The molecule has 2 N–H and O–H groups in total. The van der Waals surface area contributed by atoms with E-state index in [2.05, 4.69) is 21.3 Å². The minimum absolute atomic E-state index is 0. The Hall–Kier alpha value is -10.3. The van der Waals surface area contributed by atoms with Crippen molar-refractivity contribution in [2.45, 2.75) is 48.7 Å². The van der Waals surface area contributed by atoms with Crippen LogP contribution in [0.15, 0.2) is 275 Å². The molecule has 12 rings (SSSR count). The number of aliphatic imine (C=N–C) groups is 1. The number of hydrogen-bond acceptors (Lipinski definition) is 19. The maximum absolute atomic E-state index is 15.7. The van der Waals surface area contributed by atoms with Gasteiger partial charge in [-0.05, 0) is 75.4 Å². The highest BCUT2D eigenvalue weighted by molar-refractivity contribution is 8.05. The van der Waals surface area contributed by atoms with Gasteiger partial charge in [0.15, 0.2) is 49.1 Å². The van der Waals surface area contributed by atoms with Crippen LogP contribution in [0.2, 0.25) is 0 Å². The third kappa shape index (κ3) is 18.2. The number of pyridine rings is 1. The number of β-lactam (4-membered cyclic amide) rings is 1. The third-order valence-corrected chi connectivity index (χ3v) is 19.9. The van der Waals surface area contributed by atoms with Crippen LogP contribution in [0.5, 0.6) is 17.2 Å². The van der Waals surface area contributed by atoms with E-state index in [4.69, 9.17) is 57.0 Å². The Labute approximate surface area is 632 Å². The lowest BCUT2D eigenvalue weighted by Crippen LogP contribution is -3.00. The van der Waals surface area contributed by atoms with E-state index in [1.807, 2.05) is 206 Å². The second-order valence-electron chi connectivity index (χ2n) is 23.9. The molecule has 8 aromatic carbocycles. The van der Waals surface area contributed by atoms with Crippen LogP contribution in [0.25, 0.3) is 10.9 Å². The van der Waals surface area contributed by atoms with Gasteiger partial charge in [0.1, 0.15) is 41.1 Å². The van der Waals surface area contributed by atoms with E-state index < -0.39 is 70.4 Å². The molecule has 0 saturated carbocycles. The van der Waals surface area contributed by atoms with Crippen molar-refractivity contribution in [3.05, 3.63) is 310 Å². The number of carbonyl (C=O) groups excluding carboxylic acids is 4. The van der Waals surface area contributed by atoms with E-state index in [-0.39, 0.29) is 109 Å². The first-order valence-corrected chi connectivity index (χ1v) is 35.8. The molecule has 0 aliphatic carbocycles. The number of thioether (sulfide) groups is 1. The van der Waals surface area contributed by atoms with Gasteiger partial charge in [0.05, 0.1) is 51.2 Å². The Kier molecular flexibility index (Phi) is 27.0. The lowest BCUT2D eigenvalue weighted by atomic mass is 9.77. The van der Waals surface area contributed by atoms with Crippen molar-refractivity contribution in [1.29, 1.82) is 5.26 Å². The van der Waals surface area contributed by atoms with E-state index in [0.29, 0.717) is 40.3 Å². The average Bonchev–Trinajstić information content (AvgIpc) is 1.48. The number of benzene rings is 8. The number of fused-ring (bicyclic) bond motifs is 2. The molecule has 24 heteroatoms. The number of nitrogens with one attached hydrogen (secondary N) is 2. The first-order chi connectivity index (χ1) is 51.1. The van der Waals surface area contributed by atoms with Crippen molar-refractivity contribution in [1.82, 2.24) is 15.5 Å². The highest BCUT2D eigenvalue weighted by Crippen LogP contribution is 2.44. The summed E-state index contributed by atoms with van der Waals surface area (Å²) in [5, 5.41) is 19.7. The molecule has 0 bridgehead atoms. The summed E-state index contributed by atoms with van der Waals surface area (Å²) in [7, 11) is 3.00. The number of nitrogens with zero attached hydrogens (tertiary/aromatic N) is 5. The summed E-state index contributed by atoms with van der Waals surface area (Å²) in [6.07, 6.45) is 2.66. The Morgan fingerprint density at radius 3 is 1.90 bits per heavy atom. The van der Waals surface area contributed by atoms with Crippen molar-refractivity contribution in [3.63, 3.8) is 0 Å². The van der Waals surface area contributed by atoms with Gasteiger partial charge in [-0.2, -0.15) is 9.83 Å². The van der Waals surface area contributed by atoms with Crippen LogP contribution in [0.4, 0.5) is 0 Å². The summed E-state index contributed by atoms with van der Waals surface area (Å²) in [5.74, 6) is -1.95. The van der Waals surface area contributed by atoms with Crippen molar-refractivity contribution < 1.29 is 95.2 Å². The van der Waals surface area contributed by atoms with Gasteiger partial charge in [0.25, 0.3) is 5.91 Å². The SMILES string of the molecule is COCCOCOc1c(C#N)ccc(C(ON=S2C=C(CC(=O)N[C@H]3C(=O)N4C(C(=O)OCc5ccc(OC)cc5)=C(C=CC[n+]5cccc6ccccc65)CSC34)N=C2NC(c2ccccc2)(c2ccccc2)c2ccccc2)C(=O)OC(c2ccccc2)c2ccccc2)c1OCOCCOC.[I-]. The summed E-state index contributed by atoms with van der Waals surface area (Å²) in [6.45, 7) is 0.400. The molecule has 9 aromatic rings. The summed E-state index contributed by atoms with van der Waals surface area (Å²) in [5.41, 5.74) is 5.22. The number of para-hydroxylation sites is 1. The quantitative estimate of drug-likeness (QED) is 0.00570. The summed E-state index contributed by atoms with van der Waals surface area (Å²) < 4.78 is 59.5. The first kappa shape index (κ1) is 75.8. The van der Waals surface area contributed by atoms with Crippen LogP contribution < -0.4 is 53.4 Å². The molecule has 105 heavy (non-hydrogen) atoms. The number of ether oxygens (including phenoxy) is 9. The summed E-state index contributed by atoms with van der Waals surface area (Å²) in [6, 6.07) is 71.1. The van der Waals surface area contributed by atoms with Crippen LogP contribution in [-0.2, 0) is 81.8 Å². The number of amides is 2. The minimum atomic E-state index is -1.79. The van der Waals surface area contributed by atoms with Crippen LogP contribution in [-0.4, -0.2) is 112 Å². The number of nitriles is 1. The van der Waals surface area contributed by atoms with Gasteiger partial charge in [-0.15, -0.1) is 11.8 Å². The smallest absolute Gasteiger partial charge is 0.355 e. The van der Waals surface area contributed by atoms with Crippen LogP contribution in [0, 0.1) is 11.3 Å². The molecule has 4 heterocycles. The molecular formula is C81H76IN7O14S2. The number of aromatic nitrogens is 1. The molecule has 1 saturated heterocycles. The standard InChI is InChI=1S/C81H75N7O14S2.HI/c1-93-45-47-96-54-99-73-60(50-82)39-42-67(74(73)100-55-97-48-46-94-2)75(79(92)101-72(58-24-9-4-10-25-58)59-26-11-5-12-27-59)102-86-104-53-65(83-80(104)85-81(62-30-13-6-14-31-62,63-32-15-7-16-33-63)64-34-17-8-18-35-64)49-69(89)84-70-76(90)88-71(78(91)98-51-56-37-40-66(95-3)41-38-56)61(52-103-77(70)88)29-22-44-87-43-21-28-57-23-19-20-36-68(57)87;/h4-43,53,70,72,75,77H,44-49,51-52,54-55H2,1-3H3,(H-,83,84,85,89);1H/t70-,75?,77?,104?;/m0./s1. The second-order valence-corrected chi connectivity index (χ2v) is 26.4. The molecule has 0 radical (unpaired) electrons. The average molecular weight is 1560 g/mol. The Morgan fingerprint density at radius 1 is 0.724 bits per heavy atom. The van der Waals surface area contributed by atoms with E-state index in [1.54, 1.807) is 36.8 Å². The molecule has 538 valence electrons. The Morgan fingerprint density at radius 2 is 1.30 bits per heavy atom. The van der Waals surface area contributed by atoms with E-state index >= 15 is 4.79 Å². The fourth-order valence-electron chi connectivity index (χ4n) is 12.2. The number of amidine groups is 1. The van der Waals surface area contributed by atoms with E-state index in [0.717, 1.165) is 27.6 Å². The predicted octanol–water partition coefficient (Wildman–Crippen LogP) is 8.95. The normalized spacial score (nSPS) is 15.7. The molecule has 0 spiro atoms. The summed E-state index contributed by atoms with van der Waals surface area (Å²) in [4.78, 5) is 73.1. The molecule has 3 aliphatic heterocycles. The fraction of sp³-hybridized carbons (Fsp3) is 0.222. The zero-order valence-corrected chi connectivity index (χ0v) is 61.5.